The predicted octanol–water partition coefficient (Wildman–Crippen LogP) is 1.41. The van der Waals surface area contributed by atoms with Gasteiger partial charge >= 0.3 is 0 Å². The van der Waals surface area contributed by atoms with Crippen LogP contribution in [0.4, 0.5) is 5.69 Å². The van der Waals surface area contributed by atoms with Gasteiger partial charge in [-0.25, -0.2) is 0 Å². The minimum Gasteiger partial charge on any atom is -0.497 e. The van der Waals surface area contributed by atoms with Crippen LogP contribution < -0.4 is 19.9 Å². The number of carbonyl (C=O) groups excluding carboxylic acids is 1. The molecule has 1 amide bonds. The summed E-state index contributed by atoms with van der Waals surface area (Å²) in [5, 5.41) is 3.08. The van der Waals surface area contributed by atoms with E-state index in [1.54, 1.807) is 7.11 Å². The molecule has 1 fully saturated rings. The molecule has 27 heavy (non-hydrogen) atoms. The first-order valence-corrected chi connectivity index (χ1v) is 9.63. The number of quaternary nitrogens is 1. The molecule has 2 aromatic carbocycles. The van der Waals surface area contributed by atoms with Crippen LogP contribution in [0.3, 0.4) is 0 Å². The van der Waals surface area contributed by atoms with Gasteiger partial charge in [0.1, 0.15) is 5.75 Å². The summed E-state index contributed by atoms with van der Waals surface area (Å²) in [6.07, 6.45) is 0. The molecule has 2 aromatic rings. The van der Waals surface area contributed by atoms with Crippen LogP contribution >= 0.6 is 0 Å². The second-order valence-corrected chi connectivity index (χ2v) is 7.27. The maximum Gasteiger partial charge on any atom is 0.278 e. The lowest BCUT2D eigenvalue weighted by Crippen LogP contribution is -3.19. The van der Waals surface area contributed by atoms with Gasteiger partial charge in [-0.15, -0.1) is 0 Å². The number of methoxy groups -OCH3 is 1. The largest absolute Gasteiger partial charge is 0.497 e. The summed E-state index contributed by atoms with van der Waals surface area (Å²) in [6, 6.07) is 16.5. The number of anilines is 1. The number of nitrogens with zero attached hydrogens (tertiary/aromatic N) is 1. The molecule has 2 N–H and O–H groups in total. The molecule has 0 radical (unpaired) electrons. The minimum atomic E-state index is -0.0338. The number of hydrogen-bond acceptors (Lipinski definition) is 3. The van der Waals surface area contributed by atoms with Crippen molar-refractivity contribution in [1.29, 1.82) is 0 Å². The molecule has 0 spiro atoms. The average Bonchev–Trinajstić information content (AvgIpc) is 2.73. The normalized spacial score (nSPS) is 16.0. The Kier molecular flexibility index (Phi) is 6.35. The zero-order chi connectivity index (χ0) is 19.2. The number of amides is 1. The Bertz CT molecular complexity index is 735. The Hall–Kier alpha value is -2.53. The second-order valence-electron chi connectivity index (χ2n) is 7.27. The maximum absolute atomic E-state index is 12.5. The monoisotopic (exact) mass is 368 g/mol. The van der Waals surface area contributed by atoms with Gasteiger partial charge in [-0.1, -0.05) is 29.8 Å². The second kappa shape index (κ2) is 8.91. The van der Waals surface area contributed by atoms with E-state index in [-0.39, 0.29) is 11.9 Å². The fourth-order valence-electron chi connectivity index (χ4n) is 3.51. The van der Waals surface area contributed by atoms with Crippen molar-refractivity contribution in [3.05, 3.63) is 59.7 Å². The summed E-state index contributed by atoms with van der Waals surface area (Å²) in [5.41, 5.74) is 3.59. The summed E-state index contributed by atoms with van der Waals surface area (Å²) in [5.74, 6) is 1.00. The fourth-order valence-corrected chi connectivity index (χ4v) is 3.51. The molecular weight excluding hydrogens is 338 g/mol. The van der Waals surface area contributed by atoms with Crippen LogP contribution in [0.2, 0.25) is 0 Å². The molecule has 1 atom stereocenters. The first-order chi connectivity index (χ1) is 13.1. The van der Waals surface area contributed by atoms with Crippen LogP contribution in [-0.4, -0.2) is 45.2 Å². The molecule has 3 rings (SSSR count). The fraction of sp³-hybridized carbons (Fsp3) is 0.409. The molecule has 1 aliphatic rings. The summed E-state index contributed by atoms with van der Waals surface area (Å²) >= 11 is 0. The zero-order valence-corrected chi connectivity index (χ0v) is 16.5. The summed E-state index contributed by atoms with van der Waals surface area (Å²) < 4.78 is 5.23. The van der Waals surface area contributed by atoms with E-state index in [0.717, 1.165) is 37.5 Å². The highest BCUT2D eigenvalue weighted by atomic mass is 16.5. The summed E-state index contributed by atoms with van der Waals surface area (Å²) in [6.45, 7) is 8.53. The van der Waals surface area contributed by atoms with Crippen molar-refractivity contribution in [2.24, 2.45) is 0 Å². The molecule has 1 aliphatic heterocycles. The van der Waals surface area contributed by atoms with E-state index in [4.69, 9.17) is 4.74 Å². The Morgan fingerprint density at radius 3 is 2.33 bits per heavy atom. The van der Waals surface area contributed by atoms with E-state index in [2.05, 4.69) is 53.5 Å². The quantitative estimate of drug-likeness (QED) is 0.811. The highest BCUT2D eigenvalue weighted by Gasteiger charge is 2.29. The SMILES string of the molecule is COc1ccc(N2CC[NH+]([C@@H](C)C(=O)NCc3ccc(C)cc3)CC2)cc1. The molecule has 144 valence electrons. The number of rotatable bonds is 6. The first kappa shape index (κ1) is 19.2. The topological polar surface area (TPSA) is 46.0 Å². The highest BCUT2D eigenvalue weighted by Crippen LogP contribution is 2.19. The zero-order valence-electron chi connectivity index (χ0n) is 16.5. The molecule has 0 aliphatic carbocycles. The standard InChI is InChI=1S/C22H29N3O2/c1-17-4-6-19(7-5-17)16-23-22(26)18(2)24-12-14-25(15-13-24)20-8-10-21(27-3)11-9-20/h4-11,18H,12-16H2,1-3H3,(H,23,26)/p+1/t18-/m0/s1. The molecule has 1 heterocycles. The van der Waals surface area contributed by atoms with Gasteiger partial charge in [0.05, 0.1) is 33.3 Å². The van der Waals surface area contributed by atoms with E-state index in [9.17, 15) is 4.79 Å². The third-order valence-electron chi connectivity index (χ3n) is 5.44. The van der Waals surface area contributed by atoms with Crippen molar-refractivity contribution in [1.82, 2.24) is 5.32 Å². The molecule has 0 aromatic heterocycles. The smallest absolute Gasteiger partial charge is 0.278 e. The van der Waals surface area contributed by atoms with Crippen LogP contribution in [0.25, 0.3) is 0 Å². The van der Waals surface area contributed by atoms with Crippen molar-refractivity contribution in [3.63, 3.8) is 0 Å². The van der Waals surface area contributed by atoms with Gasteiger partial charge in [-0.3, -0.25) is 4.79 Å². The number of ether oxygens (including phenoxy) is 1. The van der Waals surface area contributed by atoms with Crippen LogP contribution in [0.15, 0.2) is 48.5 Å². The molecule has 1 saturated heterocycles. The van der Waals surface area contributed by atoms with Gasteiger partial charge in [0.15, 0.2) is 6.04 Å². The molecule has 0 bridgehead atoms. The van der Waals surface area contributed by atoms with Crippen molar-refractivity contribution >= 4 is 11.6 Å². The third-order valence-corrected chi connectivity index (χ3v) is 5.44. The van der Waals surface area contributed by atoms with E-state index in [0.29, 0.717) is 6.54 Å². The molecule has 5 nitrogen and oxygen atoms in total. The number of nitrogens with one attached hydrogen (secondary N) is 2. The lowest BCUT2D eigenvalue weighted by atomic mass is 10.1. The number of piperazine rings is 1. The van der Waals surface area contributed by atoms with Gasteiger partial charge in [-0.05, 0) is 43.7 Å². The van der Waals surface area contributed by atoms with Gasteiger partial charge in [0.25, 0.3) is 5.91 Å². The van der Waals surface area contributed by atoms with Gasteiger partial charge in [0.2, 0.25) is 0 Å². The Morgan fingerprint density at radius 2 is 1.74 bits per heavy atom. The van der Waals surface area contributed by atoms with E-state index < -0.39 is 0 Å². The Labute approximate surface area is 161 Å². The summed E-state index contributed by atoms with van der Waals surface area (Å²) in [4.78, 5) is 16.3. The number of hydrogen-bond donors (Lipinski definition) is 2. The Morgan fingerprint density at radius 1 is 1.11 bits per heavy atom. The molecular formula is C22H30N3O2+. The number of carbonyl (C=O) groups is 1. The van der Waals surface area contributed by atoms with Gasteiger partial charge in [-0.2, -0.15) is 0 Å². The van der Waals surface area contributed by atoms with Crippen LogP contribution in [0.1, 0.15) is 18.1 Å². The van der Waals surface area contributed by atoms with Crippen molar-refractivity contribution in [2.45, 2.75) is 26.4 Å². The Balaban J connectivity index is 1.47. The van der Waals surface area contributed by atoms with E-state index in [1.165, 1.54) is 16.2 Å². The molecule has 5 heteroatoms. The van der Waals surface area contributed by atoms with Crippen LogP contribution in [0.5, 0.6) is 5.75 Å². The van der Waals surface area contributed by atoms with Crippen molar-refractivity contribution in [3.8, 4) is 5.75 Å². The number of aryl methyl sites for hydroxylation is 1. The predicted molar refractivity (Wildman–Crippen MR) is 108 cm³/mol. The van der Waals surface area contributed by atoms with E-state index >= 15 is 0 Å². The summed E-state index contributed by atoms with van der Waals surface area (Å²) in [7, 11) is 1.68. The van der Waals surface area contributed by atoms with E-state index in [1.807, 2.05) is 19.1 Å². The van der Waals surface area contributed by atoms with Crippen molar-refractivity contribution < 1.29 is 14.4 Å². The molecule has 0 unspecified atom stereocenters. The van der Waals surface area contributed by atoms with Crippen LogP contribution in [-0.2, 0) is 11.3 Å². The lowest BCUT2D eigenvalue weighted by Gasteiger charge is -2.36. The van der Waals surface area contributed by atoms with Gasteiger partial charge < -0.3 is 19.9 Å². The highest BCUT2D eigenvalue weighted by molar-refractivity contribution is 5.79. The lowest BCUT2D eigenvalue weighted by molar-refractivity contribution is -0.914. The average molecular weight is 369 g/mol. The third kappa shape index (κ3) is 5.01. The molecule has 0 saturated carbocycles. The van der Waals surface area contributed by atoms with Gasteiger partial charge in [0, 0.05) is 12.2 Å². The maximum atomic E-state index is 12.5. The minimum absolute atomic E-state index is 0.0338. The van der Waals surface area contributed by atoms with Crippen LogP contribution in [0, 0.1) is 6.92 Å². The number of benzene rings is 2. The van der Waals surface area contributed by atoms with Crippen molar-refractivity contribution in [2.75, 3.05) is 38.2 Å². The first-order valence-electron chi connectivity index (χ1n) is 9.63.